The second kappa shape index (κ2) is 7.23. The van der Waals surface area contributed by atoms with Gasteiger partial charge in [-0.25, -0.2) is 4.79 Å². The molecule has 2 amide bonds. The molecule has 0 atom stereocenters. The van der Waals surface area contributed by atoms with Crippen LogP contribution < -0.4 is 5.73 Å². The van der Waals surface area contributed by atoms with Gasteiger partial charge in [0.05, 0.1) is 6.54 Å². The fourth-order valence-electron chi connectivity index (χ4n) is 1.85. The average molecular weight is 290 g/mol. The zero-order valence-corrected chi connectivity index (χ0v) is 12.0. The Labute approximate surface area is 122 Å². The summed E-state index contributed by atoms with van der Waals surface area (Å²) in [4.78, 5) is 35.0. The third kappa shape index (κ3) is 4.76. The van der Waals surface area contributed by atoms with Crippen LogP contribution in [0, 0.1) is 6.92 Å². The standard InChI is InChI=1S/C15H18N2O4/c1-3-17(9-13(16)18)15(21)12-5-4-11(10(2)8-12)6-7-14(19)20/h4-8H,3,9H2,1-2H3,(H2,16,18)(H,19,20)/b7-6+. The number of nitrogens with zero attached hydrogens (tertiary/aromatic N) is 1. The van der Waals surface area contributed by atoms with Gasteiger partial charge in [0.1, 0.15) is 0 Å². The SMILES string of the molecule is CCN(CC(N)=O)C(=O)c1ccc(/C=C/C(=O)O)c(C)c1. The van der Waals surface area contributed by atoms with Gasteiger partial charge >= 0.3 is 5.97 Å². The topological polar surface area (TPSA) is 101 Å². The third-order valence-corrected chi connectivity index (χ3v) is 2.94. The van der Waals surface area contributed by atoms with E-state index in [0.29, 0.717) is 17.7 Å². The quantitative estimate of drug-likeness (QED) is 0.764. The summed E-state index contributed by atoms with van der Waals surface area (Å²) in [5, 5.41) is 8.61. The molecule has 0 aliphatic rings. The van der Waals surface area contributed by atoms with Gasteiger partial charge in [0.2, 0.25) is 5.91 Å². The van der Waals surface area contributed by atoms with Crippen molar-refractivity contribution in [2.24, 2.45) is 5.73 Å². The number of aliphatic carboxylic acids is 1. The van der Waals surface area contributed by atoms with E-state index >= 15 is 0 Å². The van der Waals surface area contributed by atoms with Crippen molar-refractivity contribution in [3.63, 3.8) is 0 Å². The highest BCUT2D eigenvalue weighted by molar-refractivity contribution is 5.97. The van der Waals surface area contributed by atoms with Gasteiger partial charge in [0.15, 0.2) is 0 Å². The first kappa shape index (κ1) is 16.4. The Bertz CT molecular complexity index is 593. The minimum Gasteiger partial charge on any atom is -0.478 e. The lowest BCUT2D eigenvalue weighted by Gasteiger charge is -2.19. The van der Waals surface area contributed by atoms with E-state index in [0.717, 1.165) is 11.6 Å². The minimum atomic E-state index is -1.03. The molecule has 0 aliphatic carbocycles. The van der Waals surface area contributed by atoms with E-state index in [4.69, 9.17) is 10.8 Å². The fraction of sp³-hybridized carbons (Fsp3) is 0.267. The molecule has 0 saturated heterocycles. The molecular formula is C15H18N2O4. The second-order valence-corrected chi connectivity index (χ2v) is 4.53. The van der Waals surface area contributed by atoms with Crippen LogP contribution in [0.3, 0.4) is 0 Å². The summed E-state index contributed by atoms with van der Waals surface area (Å²) < 4.78 is 0. The summed E-state index contributed by atoms with van der Waals surface area (Å²) in [5.41, 5.74) is 7.03. The number of aryl methyl sites for hydroxylation is 1. The van der Waals surface area contributed by atoms with Crippen molar-refractivity contribution in [1.82, 2.24) is 4.90 Å². The maximum Gasteiger partial charge on any atom is 0.328 e. The van der Waals surface area contributed by atoms with E-state index in [2.05, 4.69) is 0 Å². The van der Waals surface area contributed by atoms with Crippen molar-refractivity contribution >= 4 is 23.9 Å². The Hall–Kier alpha value is -2.63. The molecular weight excluding hydrogens is 272 g/mol. The van der Waals surface area contributed by atoms with Gasteiger partial charge in [-0.2, -0.15) is 0 Å². The highest BCUT2D eigenvalue weighted by Crippen LogP contribution is 2.14. The maximum atomic E-state index is 12.2. The number of primary amides is 1. The van der Waals surface area contributed by atoms with Crippen LogP contribution >= 0.6 is 0 Å². The number of nitrogens with two attached hydrogens (primary N) is 1. The molecule has 112 valence electrons. The number of carbonyl (C=O) groups is 3. The van der Waals surface area contributed by atoms with Gasteiger partial charge in [-0.15, -0.1) is 0 Å². The number of amides is 2. The van der Waals surface area contributed by atoms with Crippen LogP contribution in [0.2, 0.25) is 0 Å². The van der Waals surface area contributed by atoms with Crippen molar-refractivity contribution in [3.8, 4) is 0 Å². The first-order chi connectivity index (χ1) is 9.85. The first-order valence-electron chi connectivity index (χ1n) is 6.44. The lowest BCUT2D eigenvalue weighted by Crippen LogP contribution is -2.38. The number of carbonyl (C=O) groups excluding carboxylic acids is 2. The summed E-state index contributed by atoms with van der Waals surface area (Å²) >= 11 is 0. The summed E-state index contributed by atoms with van der Waals surface area (Å²) in [6.45, 7) is 3.79. The minimum absolute atomic E-state index is 0.130. The van der Waals surface area contributed by atoms with Gasteiger partial charge in [0.25, 0.3) is 5.91 Å². The van der Waals surface area contributed by atoms with Crippen molar-refractivity contribution in [1.29, 1.82) is 0 Å². The van der Waals surface area contributed by atoms with Crippen molar-refractivity contribution in [2.45, 2.75) is 13.8 Å². The molecule has 0 aromatic heterocycles. The monoisotopic (exact) mass is 290 g/mol. The van der Waals surface area contributed by atoms with Gasteiger partial charge < -0.3 is 15.7 Å². The van der Waals surface area contributed by atoms with Crippen LogP contribution in [0.15, 0.2) is 24.3 Å². The van der Waals surface area contributed by atoms with Crippen LogP contribution in [0.1, 0.15) is 28.4 Å². The number of rotatable bonds is 6. The molecule has 3 N–H and O–H groups in total. The summed E-state index contributed by atoms with van der Waals surface area (Å²) in [6.07, 6.45) is 2.50. The molecule has 1 rings (SSSR count). The van der Waals surface area contributed by atoms with Crippen LogP contribution in [-0.2, 0) is 9.59 Å². The highest BCUT2D eigenvalue weighted by atomic mass is 16.4. The zero-order valence-electron chi connectivity index (χ0n) is 12.0. The Balaban J connectivity index is 2.99. The fourth-order valence-corrected chi connectivity index (χ4v) is 1.85. The summed E-state index contributed by atoms with van der Waals surface area (Å²) in [6, 6.07) is 4.92. The molecule has 0 saturated carbocycles. The molecule has 0 spiro atoms. The highest BCUT2D eigenvalue weighted by Gasteiger charge is 2.16. The predicted octanol–water partition coefficient (Wildman–Crippen LogP) is 1.04. The number of hydrogen-bond donors (Lipinski definition) is 2. The Morgan fingerprint density at radius 3 is 2.48 bits per heavy atom. The van der Waals surface area contributed by atoms with Crippen LogP contribution in [0.5, 0.6) is 0 Å². The molecule has 1 aromatic rings. The van der Waals surface area contributed by atoms with Gasteiger partial charge in [0, 0.05) is 18.2 Å². The van der Waals surface area contributed by atoms with Gasteiger partial charge in [-0.3, -0.25) is 9.59 Å². The lowest BCUT2D eigenvalue weighted by atomic mass is 10.0. The molecule has 0 heterocycles. The van der Waals surface area contributed by atoms with Crippen LogP contribution in [-0.4, -0.2) is 40.9 Å². The Morgan fingerprint density at radius 1 is 1.33 bits per heavy atom. The van der Waals surface area contributed by atoms with E-state index in [1.807, 2.05) is 0 Å². The molecule has 0 fully saturated rings. The molecule has 0 bridgehead atoms. The van der Waals surface area contributed by atoms with E-state index in [1.54, 1.807) is 32.0 Å². The number of benzene rings is 1. The molecule has 6 heteroatoms. The third-order valence-electron chi connectivity index (χ3n) is 2.94. The first-order valence-corrected chi connectivity index (χ1v) is 6.44. The smallest absolute Gasteiger partial charge is 0.328 e. The molecule has 0 unspecified atom stereocenters. The number of carboxylic acids is 1. The van der Waals surface area contributed by atoms with Crippen LogP contribution in [0.4, 0.5) is 0 Å². The molecule has 0 radical (unpaired) electrons. The molecule has 1 aromatic carbocycles. The second-order valence-electron chi connectivity index (χ2n) is 4.53. The number of likely N-dealkylation sites (N-methyl/N-ethyl adjacent to an activating group) is 1. The number of hydrogen-bond acceptors (Lipinski definition) is 3. The van der Waals surface area contributed by atoms with Crippen molar-refractivity contribution < 1.29 is 19.5 Å². The zero-order chi connectivity index (χ0) is 16.0. The summed E-state index contributed by atoms with van der Waals surface area (Å²) in [5.74, 6) is -1.88. The van der Waals surface area contributed by atoms with Crippen LogP contribution in [0.25, 0.3) is 6.08 Å². The Kier molecular flexibility index (Phi) is 5.66. The van der Waals surface area contributed by atoms with E-state index in [-0.39, 0.29) is 12.5 Å². The molecule has 0 aliphatic heterocycles. The normalized spacial score (nSPS) is 10.6. The molecule has 6 nitrogen and oxygen atoms in total. The van der Waals surface area contributed by atoms with E-state index < -0.39 is 11.9 Å². The number of carboxylic acid groups (broad SMARTS) is 1. The van der Waals surface area contributed by atoms with E-state index in [9.17, 15) is 14.4 Å². The molecule has 21 heavy (non-hydrogen) atoms. The maximum absolute atomic E-state index is 12.2. The Morgan fingerprint density at radius 2 is 2.00 bits per heavy atom. The van der Waals surface area contributed by atoms with Crippen molar-refractivity contribution in [3.05, 3.63) is 41.0 Å². The average Bonchev–Trinajstić information content (AvgIpc) is 2.42. The largest absolute Gasteiger partial charge is 0.478 e. The predicted molar refractivity (Wildman–Crippen MR) is 78.6 cm³/mol. The van der Waals surface area contributed by atoms with Crippen molar-refractivity contribution in [2.75, 3.05) is 13.1 Å². The summed E-state index contributed by atoms with van der Waals surface area (Å²) in [7, 11) is 0. The van der Waals surface area contributed by atoms with Gasteiger partial charge in [-0.1, -0.05) is 6.07 Å². The lowest BCUT2D eigenvalue weighted by molar-refractivity contribution is -0.131. The van der Waals surface area contributed by atoms with Gasteiger partial charge in [-0.05, 0) is 43.2 Å². The van der Waals surface area contributed by atoms with E-state index in [1.165, 1.54) is 11.0 Å².